The predicted octanol–water partition coefficient (Wildman–Crippen LogP) is 4.99. The number of halogens is 4. The molecule has 21 heavy (non-hydrogen) atoms. The van der Waals surface area contributed by atoms with E-state index in [1.807, 2.05) is 0 Å². The molecule has 0 spiro atoms. The van der Waals surface area contributed by atoms with E-state index in [2.05, 4.69) is 10.1 Å². The molecule has 0 aliphatic rings. The second-order valence-corrected chi connectivity index (χ2v) is 5.00. The lowest BCUT2D eigenvalue weighted by atomic mass is 10.1. The molecule has 0 atom stereocenters. The molecule has 7 heteroatoms. The fourth-order valence-electron chi connectivity index (χ4n) is 1.83. The van der Waals surface area contributed by atoms with Gasteiger partial charge in [-0.25, -0.2) is 8.78 Å². The highest BCUT2D eigenvalue weighted by Gasteiger charge is 2.15. The summed E-state index contributed by atoms with van der Waals surface area (Å²) < 4.78 is 31.3. The Balaban J connectivity index is 2.06. The zero-order valence-electron chi connectivity index (χ0n) is 10.3. The molecule has 0 aliphatic heterocycles. The van der Waals surface area contributed by atoms with E-state index in [0.717, 1.165) is 12.1 Å². The monoisotopic (exact) mass is 326 g/mol. The van der Waals surface area contributed by atoms with Crippen LogP contribution >= 0.6 is 23.2 Å². The first-order chi connectivity index (χ1) is 10.1. The number of rotatable bonds is 2. The maximum absolute atomic E-state index is 13.2. The number of nitrogens with zero attached hydrogens (tertiary/aromatic N) is 2. The fourth-order valence-corrected chi connectivity index (χ4v) is 2.39. The molecule has 3 rings (SSSR count). The number of benzene rings is 1. The van der Waals surface area contributed by atoms with Crippen LogP contribution in [0.5, 0.6) is 0 Å². The van der Waals surface area contributed by atoms with Gasteiger partial charge in [0.2, 0.25) is 0 Å². The number of aromatic nitrogens is 2. The van der Waals surface area contributed by atoms with Gasteiger partial charge >= 0.3 is 0 Å². The van der Waals surface area contributed by atoms with E-state index in [1.165, 1.54) is 18.5 Å². The standard InChI is InChI=1S/C14H6Cl2F2N2O/c15-8-5-19-6-9(16)14(8)12-4-13(21-20-12)7-1-2-10(17)11(18)3-7/h1-6H. The van der Waals surface area contributed by atoms with Crippen LogP contribution in [0.15, 0.2) is 41.2 Å². The lowest BCUT2D eigenvalue weighted by Gasteiger charge is -2.00. The van der Waals surface area contributed by atoms with Crippen LogP contribution in [0.4, 0.5) is 8.78 Å². The number of hydrogen-bond donors (Lipinski definition) is 0. The Morgan fingerprint density at radius 2 is 1.67 bits per heavy atom. The lowest BCUT2D eigenvalue weighted by molar-refractivity contribution is 0.434. The van der Waals surface area contributed by atoms with Gasteiger partial charge in [-0.05, 0) is 18.2 Å². The van der Waals surface area contributed by atoms with Crippen LogP contribution in [0.1, 0.15) is 0 Å². The van der Waals surface area contributed by atoms with Gasteiger partial charge in [0, 0.05) is 29.6 Å². The molecular weight excluding hydrogens is 321 g/mol. The van der Waals surface area contributed by atoms with Crippen LogP contribution in [-0.4, -0.2) is 10.1 Å². The average Bonchev–Trinajstić information content (AvgIpc) is 2.91. The summed E-state index contributed by atoms with van der Waals surface area (Å²) in [7, 11) is 0. The topological polar surface area (TPSA) is 38.9 Å². The molecule has 0 amide bonds. The first kappa shape index (κ1) is 14.0. The Hall–Kier alpha value is -1.98. The maximum atomic E-state index is 13.2. The molecule has 106 valence electrons. The van der Waals surface area contributed by atoms with Gasteiger partial charge in [-0.2, -0.15) is 0 Å². The van der Waals surface area contributed by atoms with Crippen LogP contribution in [-0.2, 0) is 0 Å². The smallest absolute Gasteiger partial charge is 0.167 e. The van der Waals surface area contributed by atoms with Crippen molar-refractivity contribution in [1.82, 2.24) is 10.1 Å². The van der Waals surface area contributed by atoms with Gasteiger partial charge in [-0.3, -0.25) is 4.98 Å². The van der Waals surface area contributed by atoms with E-state index in [0.29, 0.717) is 26.9 Å². The molecule has 2 aromatic heterocycles. The van der Waals surface area contributed by atoms with Gasteiger partial charge < -0.3 is 4.52 Å². The van der Waals surface area contributed by atoms with Crippen molar-refractivity contribution < 1.29 is 13.3 Å². The quantitative estimate of drug-likeness (QED) is 0.666. The summed E-state index contributed by atoms with van der Waals surface area (Å²) in [4.78, 5) is 3.84. The van der Waals surface area contributed by atoms with Crippen molar-refractivity contribution in [2.24, 2.45) is 0 Å². The minimum Gasteiger partial charge on any atom is -0.356 e. The van der Waals surface area contributed by atoms with Crippen molar-refractivity contribution in [3.63, 3.8) is 0 Å². The molecule has 0 bridgehead atoms. The van der Waals surface area contributed by atoms with Gasteiger partial charge in [-0.1, -0.05) is 28.4 Å². The second kappa shape index (κ2) is 5.42. The Labute approximate surface area is 128 Å². The lowest BCUT2D eigenvalue weighted by Crippen LogP contribution is -1.84. The van der Waals surface area contributed by atoms with E-state index in [9.17, 15) is 8.78 Å². The number of pyridine rings is 1. The largest absolute Gasteiger partial charge is 0.356 e. The minimum absolute atomic E-state index is 0.271. The van der Waals surface area contributed by atoms with Gasteiger partial charge in [0.1, 0.15) is 5.69 Å². The zero-order valence-corrected chi connectivity index (χ0v) is 11.8. The van der Waals surface area contributed by atoms with Gasteiger partial charge in [0.25, 0.3) is 0 Å². The summed E-state index contributed by atoms with van der Waals surface area (Å²) in [6, 6.07) is 4.97. The van der Waals surface area contributed by atoms with Crippen LogP contribution in [0.3, 0.4) is 0 Å². The average molecular weight is 327 g/mol. The van der Waals surface area contributed by atoms with Crippen LogP contribution < -0.4 is 0 Å². The zero-order chi connectivity index (χ0) is 15.0. The minimum atomic E-state index is -0.967. The summed E-state index contributed by atoms with van der Waals surface area (Å²) in [5.74, 6) is -1.63. The van der Waals surface area contributed by atoms with Crippen LogP contribution in [0, 0.1) is 11.6 Å². The molecule has 1 aromatic carbocycles. The van der Waals surface area contributed by atoms with Crippen molar-refractivity contribution >= 4 is 23.2 Å². The predicted molar refractivity (Wildman–Crippen MR) is 75.1 cm³/mol. The first-order valence-electron chi connectivity index (χ1n) is 5.78. The van der Waals surface area contributed by atoms with E-state index in [1.54, 1.807) is 6.07 Å². The molecular formula is C14H6Cl2F2N2O. The van der Waals surface area contributed by atoms with E-state index >= 15 is 0 Å². The third-order valence-electron chi connectivity index (χ3n) is 2.82. The van der Waals surface area contributed by atoms with Crippen molar-refractivity contribution in [2.45, 2.75) is 0 Å². The highest BCUT2D eigenvalue weighted by atomic mass is 35.5. The molecule has 0 radical (unpaired) electrons. The van der Waals surface area contributed by atoms with E-state index in [-0.39, 0.29) is 5.76 Å². The molecule has 0 unspecified atom stereocenters. The molecule has 3 nitrogen and oxygen atoms in total. The van der Waals surface area contributed by atoms with Crippen molar-refractivity contribution in [3.8, 4) is 22.6 Å². The van der Waals surface area contributed by atoms with Gasteiger partial charge in [0.15, 0.2) is 17.4 Å². The summed E-state index contributed by atoms with van der Waals surface area (Å²) in [5, 5.41) is 4.47. The first-order valence-corrected chi connectivity index (χ1v) is 6.53. The Kier molecular flexibility index (Phi) is 3.61. The summed E-state index contributed by atoms with van der Waals surface area (Å²) in [5.41, 5.74) is 1.20. The SMILES string of the molecule is Fc1ccc(-c2cc(-c3c(Cl)cncc3Cl)no2)cc1F. The van der Waals surface area contributed by atoms with Crippen molar-refractivity contribution in [3.05, 3.63) is 58.3 Å². The molecule has 2 heterocycles. The highest BCUT2D eigenvalue weighted by molar-refractivity contribution is 6.38. The van der Waals surface area contributed by atoms with E-state index in [4.69, 9.17) is 27.7 Å². The molecule has 0 fully saturated rings. The normalized spacial score (nSPS) is 10.9. The summed E-state index contributed by atoms with van der Waals surface area (Å²) in [6.07, 6.45) is 2.85. The third kappa shape index (κ3) is 2.62. The molecule has 0 aliphatic carbocycles. The maximum Gasteiger partial charge on any atom is 0.167 e. The summed E-state index contributed by atoms with van der Waals surface area (Å²) >= 11 is 12.1. The van der Waals surface area contributed by atoms with Crippen LogP contribution in [0.25, 0.3) is 22.6 Å². The number of hydrogen-bond acceptors (Lipinski definition) is 3. The van der Waals surface area contributed by atoms with Crippen molar-refractivity contribution in [1.29, 1.82) is 0 Å². The molecule has 0 saturated carbocycles. The van der Waals surface area contributed by atoms with Gasteiger partial charge in [0.05, 0.1) is 10.0 Å². The Morgan fingerprint density at radius 1 is 0.952 bits per heavy atom. The second-order valence-electron chi connectivity index (χ2n) is 4.18. The van der Waals surface area contributed by atoms with Crippen LogP contribution in [0.2, 0.25) is 10.0 Å². The van der Waals surface area contributed by atoms with Gasteiger partial charge in [-0.15, -0.1) is 0 Å². The molecule has 0 N–H and O–H groups in total. The molecule has 3 aromatic rings. The fraction of sp³-hybridized carbons (Fsp3) is 0. The highest BCUT2D eigenvalue weighted by Crippen LogP contribution is 2.35. The summed E-state index contributed by atoms with van der Waals surface area (Å²) in [6.45, 7) is 0. The Morgan fingerprint density at radius 3 is 2.33 bits per heavy atom. The Bertz CT molecular complexity index is 800. The van der Waals surface area contributed by atoms with Crippen molar-refractivity contribution in [2.75, 3.05) is 0 Å². The third-order valence-corrected chi connectivity index (χ3v) is 3.40. The van der Waals surface area contributed by atoms with E-state index < -0.39 is 11.6 Å². The molecule has 0 saturated heterocycles.